The van der Waals surface area contributed by atoms with Crippen molar-refractivity contribution in [2.24, 2.45) is 0 Å². The average molecular weight is 375 g/mol. The quantitative estimate of drug-likeness (QED) is 0.645. The molecule has 0 fully saturated rings. The van der Waals surface area contributed by atoms with E-state index in [2.05, 4.69) is 22.5 Å². The lowest BCUT2D eigenvalue weighted by Crippen LogP contribution is -2.34. The topological polar surface area (TPSA) is 64.0 Å². The van der Waals surface area contributed by atoms with E-state index in [4.69, 9.17) is 0 Å². The first kappa shape index (κ1) is 19.5. The van der Waals surface area contributed by atoms with E-state index >= 15 is 0 Å². The monoisotopic (exact) mass is 375 g/mol. The Morgan fingerprint density at radius 3 is 2.61 bits per heavy atom. The van der Waals surface area contributed by atoms with Crippen LogP contribution in [0.3, 0.4) is 0 Å². The van der Waals surface area contributed by atoms with Gasteiger partial charge in [0.15, 0.2) is 0 Å². The molecule has 5 heteroatoms. The van der Waals surface area contributed by atoms with Gasteiger partial charge in [0, 0.05) is 18.2 Å². The van der Waals surface area contributed by atoms with Gasteiger partial charge in [0.05, 0.1) is 5.69 Å². The van der Waals surface area contributed by atoms with Crippen molar-refractivity contribution in [3.63, 3.8) is 0 Å². The van der Waals surface area contributed by atoms with E-state index < -0.39 is 0 Å². The van der Waals surface area contributed by atoms with E-state index in [-0.39, 0.29) is 18.0 Å². The fourth-order valence-corrected chi connectivity index (χ4v) is 3.07. The molecule has 5 nitrogen and oxygen atoms in total. The van der Waals surface area contributed by atoms with E-state index in [1.807, 2.05) is 50.2 Å². The maximum atomic E-state index is 12.2. The summed E-state index contributed by atoms with van der Waals surface area (Å²) in [6.07, 6.45) is 1.75. The molecule has 3 rings (SSSR count). The van der Waals surface area contributed by atoms with Crippen LogP contribution in [0, 0.1) is 13.8 Å². The number of aryl methyl sites for hydroxylation is 3. The summed E-state index contributed by atoms with van der Waals surface area (Å²) in [5.74, 6) is -0.208. The Kier molecular flexibility index (Phi) is 6.37. The number of carbonyl (C=O) groups excluding carboxylic acids is 1. The summed E-state index contributed by atoms with van der Waals surface area (Å²) in [5, 5.41) is 7.27. The Balaban J connectivity index is 1.61. The smallest absolute Gasteiger partial charge is 0.267 e. The lowest BCUT2D eigenvalue weighted by molar-refractivity contribution is -0.121. The van der Waals surface area contributed by atoms with Gasteiger partial charge in [-0.15, -0.1) is 0 Å². The van der Waals surface area contributed by atoms with Crippen molar-refractivity contribution in [3.8, 4) is 11.3 Å². The highest BCUT2D eigenvalue weighted by Gasteiger charge is 2.09. The molecule has 0 aliphatic carbocycles. The zero-order chi connectivity index (χ0) is 19.9. The Morgan fingerprint density at radius 1 is 1.04 bits per heavy atom. The fraction of sp³-hybridized carbons (Fsp3) is 0.261. The van der Waals surface area contributed by atoms with Crippen molar-refractivity contribution >= 4 is 5.91 Å². The number of nitrogens with zero attached hydrogens (tertiary/aromatic N) is 2. The Hall–Kier alpha value is -3.21. The maximum Gasteiger partial charge on any atom is 0.267 e. The van der Waals surface area contributed by atoms with Gasteiger partial charge in [-0.25, -0.2) is 4.68 Å². The zero-order valence-corrected chi connectivity index (χ0v) is 16.3. The summed E-state index contributed by atoms with van der Waals surface area (Å²) in [7, 11) is 0. The van der Waals surface area contributed by atoms with Crippen molar-refractivity contribution in [2.45, 2.75) is 33.2 Å². The molecular formula is C23H25N3O2. The Morgan fingerprint density at radius 2 is 1.82 bits per heavy atom. The largest absolute Gasteiger partial charge is 0.354 e. The van der Waals surface area contributed by atoms with Crippen LogP contribution in [0.1, 0.15) is 23.1 Å². The highest BCUT2D eigenvalue weighted by molar-refractivity contribution is 5.75. The number of aromatic nitrogens is 2. The summed E-state index contributed by atoms with van der Waals surface area (Å²) < 4.78 is 1.23. The number of rotatable bonds is 7. The van der Waals surface area contributed by atoms with Crippen molar-refractivity contribution in [3.05, 3.63) is 87.7 Å². The lowest BCUT2D eigenvalue weighted by Gasteiger charge is -2.10. The first-order valence-corrected chi connectivity index (χ1v) is 9.49. The number of amides is 1. The third kappa shape index (κ3) is 5.16. The minimum atomic E-state index is -0.284. The molecular weight excluding hydrogens is 350 g/mol. The molecule has 1 amide bonds. The maximum absolute atomic E-state index is 12.2. The van der Waals surface area contributed by atoms with Crippen LogP contribution >= 0.6 is 0 Å². The van der Waals surface area contributed by atoms with E-state index in [1.165, 1.54) is 16.3 Å². The molecule has 0 atom stereocenters. The van der Waals surface area contributed by atoms with Gasteiger partial charge in [0.1, 0.15) is 6.54 Å². The van der Waals surface area contributed by atoms with Crippen LogP contribution in [-0.2, 0) is 17.8 Å². The molecule has 144 valence electrons. The van der Waals surface area contributed by atoms with Gasteiger partial charge in [-0.3, -0.25) is 9.59 Å². The van der Waals surface area contributed by atoms with E-state index in [0.29, 0.717) is 12.2 Å². The molecule has 0 unspecified atom stereocenters. The minimum Gasteiger partial charge on any atom is -0.354 e. The van der Waals surface area contributed by atoms with E-state index in [0.717, 1.165) is 29.5 Å². The van der Waals surface area contributed by atoms with Crippen LogP contribution in [0.15, 0.2) is 65.5 Å². The SMILES string of the molecule is Cc1ccc(C)c(-c2ccc(=O)n(CC(=O)NCCCc3ccccc3)n2)c1. The van der Waals surface area contributed by atoms with Crippen LogP contribution in [0.2, 0.25) is 0 Å². The minimum absolute atomic E-state index is 0.0805. The third-order valence-corrected chi connectivity index (χ3v) is 4.64. The normalized spacial score (nSPS) is 10.6. The van der Waals surface area contributed by atoms with Crippen LogP contribution < -0.4 is 10.9 Å². The predicted octanol–water partition coefficient (Wildman–Crippen LogP) is 3.28. The van der Waals surface area contributed by atoms with Crippen LogP contribution in [0.4, 0.5) is 0 Å². The summed E-state index contributed by atoms with van der Waals surface area (Å²) in [5.41, 5.74) is 4.82. The second-order valence-corrected chi connectivity index (χ2v) is 6.97. The van der Waals surface area contributed by atoms with Gasteiger partial charge < -0.3 is 5.32 Å². The molecule has 0 aliphatic rings. The molecule has 0 saturated heterocycles. The summed E-state index contributed by atoms with van der Waals surface area (Å²) >= 11 is 0. The lowest BCUT2D eigenvalue weighted by atomic mass is 10.0. The molecule has 28 heavy (non-hydrogen) atoms. The standard InChI is InChI=1S/C23H25N3O2/c1-17-10-11-18(2)20(15-17)21-12-13-23(28)26(25-21)16-22(27)24-14-6-9-19-7-4-3-5-8-19/h3-5,7-8,10-13,15H,6,9,14,16H2,1-2H3,(H,24,27). The van der Waals surface area contributed by atoms with Crippen LogP contribution in [0.5, 0.6) is 0 Å². The van der Waals surface area contributed by atoms with E-state index in [9.17, 15) is 9.59 Å². The number of carbonyl (C=O) groups is 1. The predicted molar refractivity (Wildman–Crippen MR) is 111 cm³/mol. The molecule has 0 saturated carbocycles. The number of hydrogen-bond acceptors (Lipinski definition) is 3. The van der Waals surface area contributed by atoms with Gasteiger partial charge in [0.2, 0.25) is 5.91 Å². The number of hydrogen-bond donors (Lipinski definition) is 1. The van der Waals surface area contributed by atoms with Gasteiger partial charge in [0.25, 0.3) is 5.56 Å². The van der Waals surface area contributed by atoms with Gasteiger partial charge in [-0.05, 0) is 49.9 Å². The summed E-state index contributed by atoms with van der Waals surface area (Å²) in [6.45, 7) is 4.51. The molecule has 0 aliphatic heterocycles. The van der Waals surface area contributed by atoms with Crippen LogP contribution in [-0.4, -0.2) is 22.2 Å². The summed E-state index contributed by atoms with van der Waals surface area (Å²) in [4.78, 5) is 24.4. The molecule has 0 bridgehead atoms. The highest BCUT2D eigenvalue weighted by Crippen LogP contribution is 2.21. The van der Waals surface area contributed by atoms with Gasteiger partial charge >= 0.3 is 0 Å². The fourth-order valence-electron chi connectivity index (χ4n) is 3.07. The highest BCUT2D eigenvalue weighted by atomic mass is 16.2. The molecule has 3 aromatic rings. The first-order chi connectivity index (χ1) is 13.5. The second kappa shape index (κ2) is 9.13. The average Bonchev–Trinajstić information content (AvgIpc) is 2.70. The first-order valence-electron chi connectivity index (χ1n) is 9.49. The zero-order valence-electron chi connectivity index (χ0n) is 16.3. The van der Waals surface area contributed by atoms with Crippen molar-refractivity contribution in [1.82, 2.24) is 15.1 Å². The molecule has 0 radical (unpaired) electrons. The third-order valence-electron chi connectivity index (χ3n) is 4.64. The number of benzene rings is 2. The Bertz CT molecular complexity index is 1010. The van der Waals surface area contributed by atoms with Crippen LogP contribution in [0.25, 0.3) is 11.3 Å². The molecule has 1 N–H and O–H groups in total. The molecule has 2 aromatic carbocycles. The van der Waals surface area contributed by atoms with Gasteiger partial charge in [-0.1, -0.05) is 48.0 Å². The van der Waals surface area contributed by atoms with E-state index in [1.54, 1.807) is 6.07 Å². The molecule has 1 heterocycles. The van der Waals surface area contributed by atoms with Crippen molar-refractivity contribution in [1.29, 1.82) is 0 Å². The number of nitrogens with one attached hydrogen (secondary N) is 1. The second-order valence-electron chi connectivity index (χ2n) is 6.97. The summed E-state index contributed by atoms with van der Waals surface area (Å²) in [6, 6.07) is 19.4. The molecule has 0 spiro atoms. The molecule has 1 aromatic heterocycles. The Labute approximate surface area is 165 Å². The van der Waals surface area contributed by atoms with Crippen molar-refractivity contribution in [2.75, 3.05) is 6.54 Å². The van der Waals surface area contributed by atoms with Gasteiger partial charge in [-0.2, -0.15) is 5.10 Å². The van der Waals surface area contributed by atoms with Crippen molar-refractivity contribution < 1.29 is 4.79 Å².